The van der Waals surface area contributed by atoms with Gasteiger partial charge in [0.2, 0.25) is 0 Å². The second-order valence-electron chi connectivity index (χ2n) is 4.70. The number of aryl methyl sites for hydroxylation is 1. The van der Waals surface area contributed by atoms with Gasteiger partial charge >= 0.3 is 5.97 Å². The number of furan rings is 1. The molecule has 2 aromatic rings. The van der Waals surface area contributed by atoms with Crippen molar-refractivity contribution in [2.24, 2.45) is 0 Å². The molecule has 106 valence electrons. The zero-order valence-corrected chi connectivity index (χ0v) is 11.8. The fraction of sp³-hybridized carbons (Fsp3) is 0.312. The summed E-state index contributed by atoms with van der Waals surface area (Å²) in [5, 5.41) is 3.35. The predicted molar refractivity (Wildman–Crippen MR) is 77.9 cm³/mol. The Morgan fingerprint density at radius 1 is 1.30 bits per heavy atom. The van der Waals surface area contributed by atoms with Crippen LogP contribution >= 0.6 is 0 Å². The van der Waals surface area contributed by atoms with Gasteiger partial charge in [-0.3, -0.25) is 0 Å². The fourth-order valence-electron chi connectivity index (χ4n) is 2.05. The number of hydrogen-bond acceptors (Lipinski definition) is 4. The molecule has 2 rings (SSSR count). The van der Waals surface area contributed by atoms with Crippen molar-refractivity contribution in [3.05, 3.63) is 54.0 Å². The molecule has 0 aliphatic rings. The van der Waals surface area contributed by atoms with Gasteiger partial charge in [-0.2, -0.15) is 0 Å². The SMILES string of the molecule is COC(=O)c1ccccc1NC(C)CCc1ccco1. The Kier molecular flexibility index (Phi) is 4.82. The largest absolute Gasteiger partial charge is 0.469 e. The van der Waals surface area contributed by atoms with Crippen LogP contribution in [0, 0.1) is 0 Å². The number of hydrogen-bond donors (Lipinski definition) is 1. The molecule has 0 bridgehead atoms. The van der Waals surface area contributed by atoms with E-state index in [1.165, 1.54) is 7.11 Å². The normalized spacial score (nSPS) is 11.9. The highest BCUT2D eigenvalue weighted by Crippen LogP contribution is 2.18. The van der Waals surface area contributed by atoms with E-state index in [1.54, 1.807) is 12.3 Å². The zero-order chi connectivity index (χ0) is 14.4. The lowest BCUT2D eigenvalue weighted by Gasteiger charge is -2.16. The number of benzene rings is 1. The fourth-order valence-corrected chi connectivity index (χ4v) is 2.05. The van der Waals surface area contributed by atoms with Crippen molar-refractivity contribution >= 4 is 11.7 Å². The van der Waals surface area contributed by atoms with Crippen molar-refractivity contribution in [2.45, 2.75) is 25.8 Å². The highest BCUT2D eigenvalue weighted by atomic mass is 16.5. The Balaban J connectivity index is 1.97. The number of esters is 1. The number of nitrogens with one attached hydrogen (secondary N) is 1. The summed E-state index contributed by atoms with van der Waals surface area (Å²) in [6.45, 7) is 2.08. The third-order valence-electron chi connectivity index (χ3n) is 3.14. The highest BCUT2D eigenvalue weighted by Gasteiger charge is 2.12. The van der Waals surface area contributed by atoms with Gasteiger partial charge in [0, 0.05) is 18.2 Å². The van der Waals surface area contributed by atoms with E-state index in [2.05, 4.69) is 12.2 Å². The third kappa shape index (κ3) is 3.63. The first kappa shape index (κ1) is 14.2. The Bertz CT molecular complexity index is 549. The molecule has 20 heavy (non-hydrogen) atoms. The Hall–Kier alpha value is -2.23. The number of rotatable bonds is 6. The van der Waals surface area contributed by atoms with E-state index in [0.717, 1.165) is 24.3 Å². The van der Waals surface area contributed by atoms with Crippen LogP contribution in [0.4, 0.5) is 5.69 Å². The number of para-hydroxylation sites is 1. The van der Waals surface area contributed by atoms with Gasteiger partial charge in [0.25, 0.3) is 0 Å². The standard InChI is InChI=1S/C16H19NO3/c1-12(9-10-13-6-5-11-20-13)17-15-8-4-3-7-14(15)16(18)19-2/h3-8,11-12,17H,9-10H2,1-2H3. The Morgan fingerprint density at radius 2 is 2.10 bits per heavy atom. The molecule has 1 aromatic heterocycles. The molecule has 0 radical (unpaired) electrons. The average Bonchev–Trinajstić information content (AvgIpc) is 2.98. The summed E-state index contributed by atoms with van der Waals surface area (Å²) in [6, 6.07) is 11.4. The second kappa shape index (κ2) is 6.80. The minimum Gasteiger partial charge on any atom is -0.469 e. The minimum atomic E-state index is -0.327. The van der Waals surface area contributed by atoms with Crippen LogP contribution in [0.2, 0.25) is 0 Å². The molecule has 0 fully saturated rings. The predicted octanol–water partition coefficient (Wildman–Crippen LogP) is 3.50. The highest BCUT2D eigenvalue weighted by molar-refractivity contribution is 5.95. The van der Waals surface area contributed by atoms with E-state index in [1.807, 2.05) is 30.3 Å². The maximum atomic E-state index is 11.7. The van der Waals surface area contributed by atoms with E-state index < -0.39 is 0 Å². The van der Waals surface area contributed by atoms with E-state index in [0.29, 0.717) is 5.56 Å². The van der Waals surface area contributed by atoms with Crippen LogP contribution in [-0.2, 0) is 11.2 Å². The lowest BCUT2D eigenvalue weighted by atomic mass is 10.1. The van der Waals surface area contributed by atoms with Gasteiger partial charge in [0.05, 0.1) is 18.9 Å². The molecular formula is C16H19NO3. The second-order valence-corrected chi connectivity index (χ2v) is 4.70. The first-order chi connectivity index (χ1) is 9.70. The molecule has 1 N–H and O–H groups in total. The molecule has 1 aromatic carbocycles. The molecule has 0 amide bonds. The smallest absolute Gasteiger partial charge is 0.339 e. The van der Waals surface area contributed by atoms with Gasteiger partial charge < -0.3 is 14.5 Å². The van der Waals surface area contributed by atoms with Crippen molar-refractivity contribution in [3.63, 3.8) is 0 Å². The van der Waals surface area contributed by atoms with Crippen molar-refractivity contribution in [1.29, 1.82) is 0 Å². The van der Waals surface area contributed by atoms with Crippen LogP contribution in [0.3, 0.4) is 0 Å². The van der Waals surface area contributed by atoms with Crippen molar-refractivity contribution in [3.8, 4) is 0 Å². The van der Waals surface area contributed by atoms with Crippen LogP contribution in [0.25, 0.3) is 0 Å². The summed E-state index contributed by atoms with van der Waals surface area (Å²) in [6.07, 6.45) is 3.46. The molecule has 1 atom stereocenters. The molecule has 1 unspecified atom stereocenters. The zero-order valence-electron chi connectivity index (χ0n) is 11.8. The van der Waals surface area contributed by atoms with Crippen molar-refractivity contribution in [2.75, 3.05) is 12.4 Å². The first-order valence-corrected chi connectivity index (χ1v) is 6.67. The Labute approximate surface area is 118 Å². The first-order valence-electron chi connectivity index (χ1n) is 6.67. The van der Waals surface area contributed by atoms with Gasteiger partial charge in [-0.15, -0.1) is 0 Å². The molecule has 0 aliphatic heterocycles. The molecule has 4 heteroatoms. The number of methoxy groups -OCH3 is 1. The maximum Gasteiger partial charge on any atom is 0.339 e. The minimum absolute atomic E-state index is 0.228. The van der Waals surface area contributed by atoms with Crippen LogP contribution in [0.5, 0.6) is 0 Å². The summed E-state index contributed by atoms with van der Waals surface area (Å²) < 4.78 is 10.1. The number of ether oxygens (including phenoxy) is 1. The molecule has 4 nitrogen and oxygen atoms in total. The lowest BCUT2D eigenvalue weighted by molar-refractivity contribution is 0.0602. The summed E-state index contributed by atoms with van der Waals surface area (Å²) in [5.41, 5.74) is 1.35. The molecular weight excluding hydrogens is 254 g/mol. The van der Waals surface area contributed by atoms with Crippen LogP contribution in [0.1, 0.15) is 29.5 Å². The molecule has 0 spiro atoms. The molecule has 0 aliphatic carbocycles. The summed E-state index contributed by atoms with van der Waals surface area (Å²) >= 11 is 0. The topological polar surface area (TPSA) is 51.5 Å². The van der Waals surface area contributed by atoms with E-state index in [9.17, 15) is 4.79 Å². The van der Waals surface area contributed by atoms with Gasteiger partial charge in [-0.05, 0) is 37.6 Å². The summed E-state index contributed by atoms with van der Waals surface area (Å²) in [7, 11) is 1.39. The number of carbonyl (C=O) groups excluding carboxylic acids is 1. The van der Waals surface area contributed by atoms with Gasteiger partial charge in [-0.25, -0.2) is 4.79 Å². The van der Waals surface area contributed by atoms with E-state index >= 15 is 0 Å². The quantitative estimate of drug-likeness (QED) is 0.818. The summed E-state index contributed by atoms with van der Waals surface area (Å²) in [5.74, 6) is 0.645. The van der Waals surface area contributed by atoms with Gasteiger partial charge in [0.1, 0.15) is 5.76 Å². The van der Waals surface area contributed by atoms with Gasteiger partial charge in [0.15, 0.2) is 0 Å². The maximum absolute atomic E-state index is 11.7. The molecule has 1 heterocycles. The van der Waals surface area contributed by atoms with Crippen molar-refractivity contribution in [1.82, 2.24) is 0 Å². The number of carbonyl (C=O) groups is 1. The van der Waals surface area contributed by atoms with Crippen molar-refractivity contribution < 1.29 is 13.9 Å². The average molecular weight is 273 g/mol. The van der Waals surface area contributed by atoms with Crippen LogP contribution < -0.4 is 5.32 Å². The molecule has 0 saturated heterocycles. The third-order valence-corrected chi connectivity index (χ3v) is 3.14. The summed E-state index contributed by atoms with van der Waals surface area (Å²) in [4.78, 5) is 11.7. The molecule has 0 saturated carbocycles. The lowest BCUT2D eigenvalue weighted by Crippen LogP contribution is -2.18. The number of anilines is 1. The van der Waals surface area contributed by atoms with E-state index in [4.69, 9.17) is 9.15 Å². The van der Waals surface area contributed by atoms with Gasteiger partial charge in [-0.1, -0.05) is 12.1 Å². The van der Waals surface area contributed by atoms with Crippen LogP contribution in [-0.4, -0.2) is 19.1 Å². The van der Waals surface area contributed by atoms with Crippen LogP contribution in [0.15, 0.2) is 47.1 Å². The van der Waals surface area contributed by atoms with E-state index in [-0.39, 0.29) is 12.0 Å². The Morgan fingerprint density at radius 3 is 2.80 bits per heavy atom. The monoisotopic (exact) mass is 273 g/mol.